The molecule has 0 unspecified atom stereocenters. The van der Waals surface area contributed by atoms with Crippen LogP contribution in [0.25, 0.3) is 0 Å². The van der Waals surface area contributed by atoms with E-state index in [9.17, 15) is 13.2 Å². The smallest absolute Gasteiger partial charge is 0.255 e. The van der Waals surface area contributed by atoms with Crippen LogP contribution < -0.4 is 5.32 Å². The highest BCUT2D eigenvalue weighted by Crippen LogP contribution is 2.27. The molecule has 7 heteroatoms. The number of anilines is 1. The summed E-state index contributed by atoms with van der Waals surface area (Å²) in [7, 11) is -3.56. The molecule has 2 aromatic rings. The van der Waals surface area contributed by atoms with Crippen LogP contribution in [0.5, 0.6) is 0 Å². The number of sulfonamides is 1. The Kier molecular flexibility index (Phi) is 5.89. The normalized spacial score (nSPS) is 21.0. The van der Waals surface area contributed by atoms with E-state index >= 15 is 0 Å². The zero-order valence-electron chi connectivity index (χ0n) is 15.4. The number of piperidine rings is 1. The summed E-state index contributed by atoms with van der Waals surface area (Å²) in [5.41, 5.74) is 0.881. The van der Waals surface area contributed by atoms with Crippen molar-refractivity contribution < 1.29 is 13.2 Å². The summed E-state index contributed by atoms with van der Waals surface area (Å²) in [6.45, 7) is 5.20. The van der Waals surface area contributed by atoms with Gasteiger partial charge in [0.25, 0.3) is 5.91 Å². The number of para-hydroxylation sites is 1. The SMILES string of the molecule is C[C@@H]1C[C@@H](C)CN(S(=O)(=O)c2ccc(C(=O)Nc3ccccc3Cl)cc2)C1. The molecule has 1 amide bonds. The van der Waals surface area contributed by atoms with Crippen LogP contribution in [0.4, 0.5) is 5.69 Å². The number of halogens is 1. The van der Waals surface area contributed by atoms with E-state index in [2.05, 4.69) is 19.2 Å². The van der Waals surface area contributed by atoms with Gasteiger partial charge in [-0.05, 0) is 54.7 Å². The molecule has 2 atom stereocenters. The highest BCUT2D eigenvalue weighted by molar-refractivity contribution is 7.89. The van der Waals surface area contributed by atoms with Crippen LogP contribution in [0.2, 0.25) is 5.02 Å². The van der Waals surface area contributed by atoms with Crippen LogP contribution in [-0.4, -0.2) is 31.7 Å². The summed E-state index contributed by atoms with van der Waals surface area (Å²) >= 11 is 6.05. The van der Waals surface area contributed by atoms with Crippen LogP contribution >= 0.6 is 11.6 Å². The number of rotatable bonds is 4. The molecule has 1 saturated heterocycles. The average molecular weight is 407 g/mol. The first kappa shape index (κ1) is 19.9. The van der Waals surface area contributed by atoms with Gasteiger partial charge < -0.3 is 5.32 Å². The molecule has 1 N–H and O–H groups in total. The highest BCUT2D eigenvalue weighted by atomic mass is 35.5. The van der Waals surface area contributed by atoms with Crippen molar-refractivity contribution in [3.8, 4) is 0 Å². The van der Waals surface area contributed by atoms with Crippen LogP contribution in [0, 0.1) is 11.8 Å². The molecule has 2 aromatic carbocycles. The lowest BCUT2D eigenvalue weighted by atomic mass is 9.94. The third-order valence-electron chi connectivity index (χ3n) is 4.71. The first-order valence-electron chi connectivity index (χ1n) is 8.93. The third kappa shape index (κ3) is 4.51. The molecule has 0 bridgehead atoms. The molecule has 1 aliphatic heterocycles. The third-order valence-corrected chi connectivity index (χ3v) is 6.89. The van der Waals surface area contributed by atoms with Gasteiger partial charge in [0.15, 0.2) is 0 Å². The summed E-state index contributed by atoms with van der Waals surface area (Å²) in [6, 6.07) is 13.0. The topological polar surface area (TPSA) is 66.5 Å². The van der Waals surface area contributed by atoms with E-state index in [1.165, 1.54) is 24.3 Å². The Morgan fingerprint density at radius 1 is 1.04 bits per heavy atom. The maximum atomic E-state index is 12.9. The molecule has 1 heterocycles. The summed E-state index contributed by atoms with van der Waals surface area (Å²) in [5, 5.41) is 3.17. The van der Waals surface area contributed by atoms with Gasteiger partial charge in [0.05, 0.1) is 15.6 Å². The van der Waals surface area contributed by atoms with Gasteiger partial charge in [0.2, 0.25) is 10.0 Å². The monoisotopic (exact) mass is 406 g/mol. The summed E-state index contributed by atoms with van der Waals surface area (Å²) in [5.74, 6) is 0.334. The van der Waals surface area contributed by atoms with Crippen molar-refractivity contribution in [2.45, 2.75) is 25.2 Å². The minimum Gasteiger partial charge on any atom is -0.321 e. The molecule has 0 radical (unpaired) electrons. The Labute approximate surface area is 165 Å². The van der Waals surface area contributed by atoms with E-state index in [1.54, 1.807) is 28.6 Å². The molecule has 1 aliphatic rings. The van der Waals surface area contributed by atoms with Gasteiger partial charge in [-0.1, -0.05) is 37.6 Å². The maximum Gasteiger partial charge on any atom is 0.255 e. The standard InChI is InChI=1S/C20H23ClN2O3S/c1-14-11-15(2)13-23(12-14)27(25,26)17-9-7-16(8-10-17)20(24)22-19-6-4-3-5-18(19)21/h3-10,14-15H,11-13H2,1-2H3,(H,22,24)/t14-,15-/m1/s1. The Hall–Kier alpha value is -1.89. The molecule has 3 rings (SSSR count). The molecule has 0 aliphatic carbocycles. The molecule has 144 valence electrons. The zero-order valence-corrected chi connectivity index (χ0v) is 16.9. The van der Waals surface area contributed by atoms with Crippen LogP contribution in [-0.2, 0) is 10.0 Å². The van der Waals surface area contributed by atoms with E-state index in [1.807, 2.05) is 0 Å². The summed E-state index contributed by atoms with van der Waals surface area (Å²) in [4.78, 5) is 12.6. The molecule has 1 fully saturated rings. The van der Waals surface area contributed by atoms with Gasteiger partial charge in [-0.2, -0.15) is 4.31 Å². The summed E-state index contributed by atoms with van der Waals surface area (Å²) < 4.78 is 27.4. The molecular formula is C20H23ClN2O3S. The van der Waals surface area contributed by atoms with Crippen molar-refractivity contribution >= 4 is 33.2 Å². The number of hydrogen-bond donors (Lipinski definition) is 1. The number of benzene rings is 2. The fraction of sp³-hybridized carbons (Fsp3) is 0.350. The van der Waals surface area contributed by atoms with Crippen molar-refractivity contribution in [3.63, 3.8) is 0 Å². The summed E-state index contributed by atoms with van der Waals surface area (Å²) in [6.07, 6.45) is 1.03. The lowest BCUT2D eigenvalue weighted by Gasteiger charge is -2.34. The second-order valence-electron chi connectivity index (χ2n) is 7.23. The first-order valence-corrected chi connectivity index (χ1v) is 10.8. The molecular weight excluding hydrogens is 384 g/mol. The predicted octanol–water partition coefficient (Wildman–Crippen LogP) is 4.26. The number of carbonyl (C=O) groups excluding carboxylic acids is 1. The Balaban J connectivity index is 1.76. The maximum absolute atomic E-state index is 12.9. The number of hydrogen-bond acceptors (Lipinski definition) is 3. The number of carbonyl (C=O) groups is 1. The largest absolute Gasteiger partial charge is 0.321 e. The van der Waals surface area contributed by atoms with Gasteiger partial charge in [-0.15, -0.1) is 0 Å². The second-order valence-corrected chi connectivity index (χ2v) is 9.57. The van der Waals surface area contributed by atoms with E-state index in [4.69, 9.17) is 11.6 Å². The van der Waals surface area contributed by atoms with Gasteiger partial charge in [-0.3, -0.25) is 4.79 Å². The molecule has 5 nitrogen and oxygen atoms in total. The van der Waals surface area contributed by atoms with Crippen molar-refractivity contribution in [2.24, 2.45) is 11.8 Å². The number of nitrogens with one attached hydrogen (secondary N) is 1. The van der Waals surface area contributed by atoms with Crippen molar-refractivity contribution in [3.05, 3.63) is 59.1 Å². The van der Waals surface area contributed by atoms with Gasteiger partial charge in [-0.25, -0.2) is 8.42 Å². The van der Waals surface area contributed by atoms with Gasteiger partial charge >= 0.3 is 0 Å². The second kappa shape index (κ2) is 8.00. The lowest BCUT2D eigenvalue weighted by Crippen LogP contribution is -2.42. The Morgan fingerprint density at radius 2 is 1.63 bits per heavy atom. The van der Waals surface area contributed by atoms with E-state index in [-0.39, 0.29) is 10.8 Å². The molecule has 0 aromatic heterocycles. The van der Waals surface area contributed by atoms with Crippen LogP contribution in [0.15, 0.2) is 53.4 Å². The average Bonchev–Trinajstić information content (AvgIpc) is 2.63. The Morgan fingerprint density at radius 3 is 2.22 bits per heavy atom. The predicted molar refractivity (Wildman–Crippen MR) is 108 cm³/mol. The lowest BCUT2D eigenvalue weighted by molar-refractivity contribution is 0.102. The molecule has 0 spiro atoms. The van der Waals surface area contributed by atoms with Crippen LogP contribution in [0.3, 0.4) is 0 Å². The quantitative estimate of drug-likeness (QED) is 0.824. The fourth-order valence-electron chi connectivity index (χ4n) is 3.49. The zero-order chi connectivity index (χ0) is 19.6. The minimum absolute atomic E-state index is 0.207. The van der Waals surface area contributed by atoms with E-state index in [0.29, 0.717) is 41.2 Å². The molecule has 0 saturated carbocycles. The molecule has 27 heavy (non-hydrogen) atoms. The fourth-order valence-corrected chi connectivity index (χ4v) is 5.35. The van der Waals surface area contributed by atoms with Gasteiger partial charge in [0, 0.05) is 18.7 Å². The van der Waals surface area contributed by atoms with Crippen LogP contribution in [0.1, 0.15) is 30.6 Å². The van der Waals surface area contributed by atoms with E-state index < -0.39 is 10.0 Å². The van der Waals surface area contributed by atoms with Crippen molar-refractivity contribution in [2.75, 3.05) is 18.4 Å². The number of nitrogens with zero attached hydrogens (tertiary/aromatic N) is 1. The van der Waals surface area contributed by atoms with Gasteiger partial charge in [0.1, 0.15) is 0 Å². The highest BCUT2D eigenvalue weighted by Gasteiger charge is 2.31. The minimum atomic E-state index is -3.56. The van der Waals surface area contributed by atoms with Crippen molar-refractivity contribution in [1.29, 1.82) is 0 Å². The number of amides is 1. The Bertz CT molecular complexity index is 918. The van der Waals surface area contributed by atoms with E-state index in [0.717, 1.165) is 6.42 Å². The van der Waals surface area contributed by atoms with Crippen molar-refractivity contribution in [1.82, 2.24) is 4.31 Å². The first-order chi connectivity index (χ1) is 12.8.